The van der Waals surface area contributed by atoms with Crippen LogP contribution in [0.1, 0.15) is 52.9 Å². The van der Waals surface area contributed by atoms with E-state index in [4.69, 9.17) is 9.47 Å². The van der Waals surface area contributed by atoms with Crippen molar-refractivity contribution in [3.8, 4) is 0 Å². The molecule has 1 N–H and O–H groups in total. The zero-order chi connectivity index (χ0) is 13.0. The highest BCUT2D eigenvalue weighted by molar-refractivity contribution is 4.66. The maximum absolute atomic E-state index is 5.56. The molecule has 0 saturated heterocycles. The van der Waals surface area contributed by atoms with Crippen LogP contribution in [0.5, 0.6) is 0 Å². The summed E-state index contributed by atoms with van der Waals surface area (Å²) in [6.07, 6.45) is 6.22. The van der Waals surface area contributed by atoms with Crippen molar-refractivity contribution in [2.45, 2.75) is 58.5 Å². The number of ether oxygens (including phenoxy) is 2. The molecule has 0 bridgehead atoms. The van der Waals surface area contributed by atoms with Crippen molar-refractivity contribution in [1.82, 2.24) is 5.32 Å². The lowest BCUT2D eigenvalue weighted by molar-refractivity contribution is -0.00934. The lowest BCUT2D eigenvalue weighted by Crippen LogP contribution is -2.26. The number of hydrogen-bond acceptors (Lipinski definition) is 3. The van der Waals surface area contributed by atoms with E-state index in [2.05, 4.69) is 26.1 Å². The molecule has 17 heavy (non-hydrogen) atoms. The normalized spacial score (nSPS) is 12.0. The minimum atomic E-state index is -0.0619. The molecule has 0 unspecified atom stereocenters. The first-order chi connectivity index (χ1) is 8.12. The summed E-state index contributed by atoms with van der Waals surface area (Å²) in [5.74, 6) is 0. The smallest absolute Gasteiger partial charge is 0.0644 e. The van der Waals surface area contributed by atoms with Gasteiger partial charge in [0.25, 0.3) is 0 Å². The molecule has 0 rings (SSSR count). The molecule has 0 aromatic rings. The van der Waals surface area contributed by atoms with E-state index in [0.29, 0.717) is 0 Å². The fraction of sp³-hybridized carbons (Fsp3) is 1.00. The van der Waals surface area contributed by atoms with Gasteiger partial charge in [0.05, 0.1) is 12.2 Å². The van der Waals surface area contributed by atoms with Crippen LogP contribution in [0.25, 0.3) is 0 Å². The molecule has 0 fully saturated rings. The Morgan fingerprint density at radius 1 is 1.00 bits per heavy atom. The fourth-order valence-corrected chi connectivity index (χ4v) is 1.47. The monoisotopic (exact) mass is 245 g/mol. The van der Waals surface area contributed by atoms with Crippen molar-refractivity contribution in [2.24, 2.45) is 0 Å². The van der Waals surface area contributed by atoms with Gasteiger partial charge in [-0.05, 0) is 33.2 Å². The van der Waals surface area contributed by atoms with Gasteiger partial charge in [-0.15, -0.1) is 0 Å². The number of hydrogen-bond donors (Lipinski definition) is 1. The van der Waals surface area contributed by atoms with Crippen molar-refractivity contribution < 1.29 is 9.47 Å². The van der Waals surface area contributed by atoms with Crippen LogP contribution in [0, 0.1) is 0 Å². The predicted molar refractivity (Wildman–Crippen MR) is 73.5 cm³/mol. The summed E-state index contributed by atoms with van der Waals surface area (Å²) in [4.78, 5) is 0. The first-order valence-electron chi connectivity index (χ1n) is 6.96. The molecular weight excluding hydrogens is 214 g/mol. The molecule has 0 atom stereocenters. The highest BCUT2D eigenvalue weighted by Crippen LogP contribution is 2.12. The maximum Gasteiger partial charge on any atom is 0.0644 e. The van der Waals surface area contributed by atoms with Crippen LogP contribution in [0.3, 0.4) is 0 Å². The molecule has 0 spiro atoms. The maximum atomic E-state index is 5.56. The van der Waals surface area contributed by atoms with Gasteiger partial charge in [0.2, 0.25) is 0 Å². The van der Waals surface area contributed by atoms with Gasteiger partial charge >= 0.3 is 0 Å². The largest absolute Gasteiger partial charge is 0.380 e. The number of nitrogens with one attached hydrogen (secondary N) is 1. The van der Waals surface area contributed by atoms with Gasteiger partial charge in [0, 0.05) is 20.3 Å². The number of rotatable bonds is 12. The molecule has 0 radical (unpaired) electrons. The predicted octanol–water partition coefficient (Wildman–Crippen LogP) is 2.99. The van der Waals surface area contributed by atoms with Gasteiger partial charge in [-0.3, -0.25) is 0 Å². The van der Waals surface area contributed by atoms with Crippen LogP contribution in [0.4, 0.5) is 0 Å². The number of methoxy groups -OCH3 is 1. The van der Waals surface area contributed by atoms with E-state index < -0.39 is 0 Å². The Morgan fingerprint density at radius 2 is 1.76 bits per heavy atom. The Balaban J connectivity index is 3.09. The topological polar surface area (TPSA) is 30.5 Å². The molecule has 104 valence electrons. The highest BCUT2D eigenvalue weighted by atomic mass is 16.5. The summed E-state index contributed by atoms with van der Waals surface area (Å²) < 4.78 is 10.9. The molecule has 3 heteroatoms. The summed E-state index contributed by atoms with van der Waals surface area (Å²) in [5, 5.41) is 3.40. The van der Waals surface area contributed by atoms with E-state index in [1.54, 1.807) is 7.11 Å². The Morgan fingerprint density at radius 3 is 2.41 bits per heavy atom. The minimum absolute atomic E-state index is 0.0619. The molecule has 0 aliphatic heterocycles. The van der Waals surface area contributed by atoms with E-state index in [9.17, 15) is 0 Å². The van der Waals surface area contributed by atoms with E-state index in [1.807, 2.05) is 0 Å². The quantitative estimate of drug-likeness (QED) is 0.536. The SMILES string of the molecule is CCCCCCNCCOCCC(C)(C)OC. The van der Waals surface area contributed by atoms with Crippen LogP contribution in [-0.4, -0.2) is 39.0 Å². The van der Waals surface area contributed by atoms with Gasteiger partial charge in [-0.25, -0.2) is 0 Å². The van der Waals surface area contributed by atoms with E-state index in [0.717, 1.165) is 32.7 Å². The third-order valence-corrected chi connectivity index (χ3v) is 3.03. The van der Waals surface area contributed by atoms with E-state index in [-0.39, 0.29) is 5.60 Å². The third-order valence-electron chi connectivity index (χ3n) is 3.03. The highest BCUT2D eigenvalue weighted by Gasteiger charge is 2.15. The van der Waals surface area contributed by atoms with Crippen LogP contribution >= 0.6 is 0 Å². The van der Waals surface area contributed by atoms with Crippen molar-refractivity contribution >= 4 is 0 Å². The average Bonchev–Trinajstić information content (AvgIpc) is 2.31. The zero-order valence-corrected chi connectivity index (χ0v) is 12.2. The molecule has 0 saturated carbocycles. The standard InChI is InChI=1S/C14H31NO2/c1-5-6-7-8-10-15-11-13-17-12-9-14(2,3)16-4/h15H,5-13H2,1-4H3. The summed E-state index contributed by atoms with van der Waals surface area (Å²) >= 11 is 0. The molecular formula is C14H31NO2. The number of unbranched alkanes of at least 4 members (excludes halogenated alkanes) is 3. The second-order valence-corrected chi connectivity index (χ2v) is 5.14. The molecule has 0 aliphatic carbocycles. The average molecular weight is 245 g/mol. The lowest BCUT2D eigenvalue weighted by Gasteiger charge is -2.22. The molecule has 0 aliphatic rings. The first-order valence-corrected chi connectivity index (χ1v) is 6.96. The van der Waals surface area contributed by atoms with Gasteiger partial charge in [-0.1, -0.05) is 26.2 Å². The Labute approximate surface area is 107 Å². The van der Waals surface area contributed by atoms with Crippen molar-refractivity contribution in [2.75, 3.05) is 33.4 Å². The first kappa shape index (κ1) is 16.9. The Kier molecular flexibility index (Phi) is 10.9. The van der Waals surface area contributed by atoms with Crippen molar-refractivity contribution in [3.63, 3.8) is 0 Å². The van der Waals surface area contributed by atoms with Crippen LogP contribution < -0.4 is 5.32 Å². The van der Waals surface area contributed by atoms with Crippen LogP contribution in [0.15, 0.2) is 0 Å². The molecule has 0 aromatic heterocycles. The molecule has 3 nitrogen and oxygen atoms in total. The molecule has 0 heterocycles. The second-order valence-electron chi connectivity index (χ2n) is 5.14. The molecule has 0 amide bonds. The van der Waals surface area contributed by atoms with Gasteiger partial charge < -0.3 is 14.8 Å². The minimum Gasteiger partial charge on any atom is -0.380 e. The van der Waals surface area contributed by atoms with Crippen molar-refractivity contribution in [3.05, 3.63) is 0 Å². The van der Waals surface area contributed by atoms with Gasteiger partial charge in [0.1, 0.15) is 0 Å². The third kappa shape index (κ3) is 12.1. The Bertz CT molecular complexity index is 160. The molecule has 0 aromatic carbocycles. The second kappa shape index (κ2) is 11.0. The summed E-state index contributed by atoms with van der Waals surface area (Å²) in [7, 11) is 1.75. The fourth-order valence-electron chi connectivity index (χ4n) is 1.47. The zero-order valence-electron chi connectivity index (χ0n) is 12.2. The van der Waals surface area contributed by atoms with Gasteiger partial charge in [-0.2, -0.15) is 0 Å². The van der Waals surface area contributed by atoms with Crippen LogP contribution in [0.2, 0.25) is 0 Å². The summed E-state index contributed by atoms with van der Waals surface area (Å²) in [6, 6.07) is 0. The Hall–Kier alpha value is -0.120. The summed E-state index contributed by atoms with van der Waals surface area (Å²) in [5.41, 5.74) is -0.0619. The van der Waals surface area contributed by atoms with Gasteiger partial charge in [0.15, 0.2) is 0 Å². The summed E-state index contributed by atoms with van der Waals surface area (Å²) in [6.45, 7) is 10.1. The van der Waals surface area contributed by atoms with E-state index in [1.165, 1.54) is 25.7 Å². The van der Waals surface area contributed by atoms with Crippen molar-refractivity contribution in [1.29, 1.82) is 0 Å². The van der Waals surface area contributed by atoms with E-state index >= 15 is 0 Å². The van der Waals surface area contributed by atoms with Crippen LogP contribution in [-0.2, 0) is 9.47 Å². The lowest BCUT2D eigenvalue weighted by atomic mass is 10.1.